The van der Waals surface area contributed by atoms with Gasteiger partial charge in [0.05, 0.1) is 17.0 Å². The third-order valence-electron chi connectivity index (χ3n) is 4.49. The molecule has 2 amide bonds. The minimum atomic E-state index is -1.25. The van der Waals surface area contributed by atoms with Crippen LogP contribution in [0.5, 0.6) is 0 Å². The van der Waals surface area contributed by atoms with Crippen molar-refractivity contribution in [2.75, 3.05) is 11.9 Å². The molecule has 1 aliphatic rings. The van der Waals surface area contributed by atoms with E-state index in [9.17, 15) is 24.3 Å². The van der Waals surface area contributed by atoms with E-state index in [-0.39, 0.29) is 22.0 Å². The molecular formula is C17H21N2O6S-. The second kappa shape index (κ2) is 8.31. The van der Waals surface area contributed by atoms with Crippen LogP contribution in [0.2, 0.25) is 0 Å². The molecular weight excluding hydrogens is 360 g/mol. The van der Waals surface area contributed by atoms with E-state index in [2.05, 4.69) is 5.32 Å². The number of carboxylic acid groups (broad SMARTS) is 1. The minimum Gasteiger partial charge on any atom is -0.550 e. The number of ether oxygens (including phenoxy) is 1. The molecule has 26 heavy (non-hydrogen) atoms. The number of carbonyl (C=O) groups is 4. The third-order valence-corrected chi connectivity index (χ3v) is 5.71. The fraction of sp³-hybridized carbons (Fsp3) is 0.529. The molecule has 0 radical (unpaired) electrons. The predicted molar refractivity (Wildman–Crippen MR) is 92.6 cm³/mol. The molecule has 0 aliphatic heterocycles. The minimum absolute atomic E-state index is 0.0693. The molecule has 1 saturated carbocycles. The lowest BCUT2D eigenvalue weighted by atomic mass is 9.79. The zero-order valence-electron chi connectivity index (χ0n) is 14.6. The van der Waals surface area contributed by atoms with Crippen molar-refractivity contribution in [3.05, 3.63) is 16.0 Å². The summed E-state index contributed by atoms with van der Waals surface area (Å²) in [5.74, 6) is -4.78. The van der Waals surface area contributed by atoms with Gasteiger partial charge < -0.3 is 25.7 Å². The molecule has 2 rings (SSSR count). The number of carbonyl (C=O) groups excluding carboxylic acids is 4. The first-order chi connectivity index (χ1) is 12.3. The maximum atomic E-state index is 12.6. The number of nitrogens with one attached hydrogen (secondary N) is 1. The van der Waals surface area contributed by atoms with Crippen molar-refractivity contribution in [3.8, 4) is 0 Å². The monoisotopic (exact) mass is 381 g/mol. The third kappa shape index (κ3) is 4.04. The average Bonchev–Trinajstić information content (AvgIpc) is 2.91. The summed E-state index contributed by atoms with van der Waals surface area (Å²) in [5.41, 5.74) is 5.73. The number of hydrogen-bond acceptors (Lipinski definition) is 7. The van der Waals surface area contributed by atoms with E-state index in [0.29, 0.717) is 18.4 Å². The van der Waals surface area contributed by atoms with Crippen LogP contribution in [0.4, 0.5) is 5.00 Å². The first-order valence-corrected chi connectivity index (χ1v) is 9.21. The van der Waals surface area contributed by atoms with E-state index in [1.807, 2.05) is 0 Å². The summed E-state index contributed by atoms with van der Waals surface area (Å²) < 4.78 is 4.99. The summed E-state index contributed by atoms with van der Waals surface area (Å²) in [5, 5.41) is 14.0. The van der Waals surface area contributed by atoms with Crippen LogP contribution in [0, 0.1) is 18.8 Å². The van der Waals surface area contributed by atoms with Crippen LogP contribution in [0.15, 0.2) is 0 Å². The maximum absolute atomic E-state index is 12.6. The Morgan fingerprint density at radius 2 is 1.85 bits per heavy atom. The zero-order chi connectivity index (χ0) is 19.4. The van der Waals surface area contributed by atoms with Gasteiger partial charge in [-0.05, 0) is 32.3 Å². The van der Waals surface area contributed by atoms with Crippen LogP contribution in [-0.2, 0) is 14.3 Å². The molecule has 0 unspecified atom stereocenters. The standard InChI is InChI=1S/C17H22N2O6S/c1-3-25-17(24)11-8(2)12(13(18)20)26-15(11)19-14(21)9-6-4-5-7-10(9)16(22)23/h9-10H,3-7H2,1-2H3,(H2,18,20)(H,19,21)(H,22,23)/p-1/t9-,10-/m0/s1. The average molecular weight is 381 g/mol. The Bertz CT molecular complexity index is 742. The maximum Gasteiger partial charge on any atom is 0.341 e. The number of anilines is 1. The van der Waals surface area contributed by atoms with Crippen molar-refractivity contribution in [1.29, 1.82) is 0 Å². The molecule has 0 spiro atoms. The van der Waals surface area contributed by atoms with Gasteiger partial charge in [0.15, 0.2) is 0 Å². The Kier molecular flexibility index (Phi) is 6.36. The molecule has 1 heterocycles. The van der Waals surface area contributed by atoms with E-state index in [1.54, 1.807) is 13.8 Å². The lowest BCUT2D eigenvalue weighted by Crippen LogP contribution is -2.42. The van der Waals surface area contributed by atoms with Gasteiger partial charge in [0.25, 0.3) is 5.91 Å². The van der Waals surface area contributed by atoms with Gasteiger partial charge in [-0.2, -0.15) is 0 Å². The number of hydrogen-bond donors (Lipinski definition) is 2. The van der Waals surface area contributed by atoms with Gasteiger partial charge in [0, 0.05) is 17.8 Å². The highest BCUT2D eigenvalue weighted by Gasteiger charge is 2.33. The Hall–Kier alpha value is -2.42. The number of thiophene rings is 1. The summed E-state index contributed by atoms with van der Waals surface area (Å²) in [7, 11) is 0. The van der Waals surface area contributed by atoms with Crippen molar-refractivity contribution in [1.82, 2.24) is 0 Å². The van der Waals surface area contributed by atoms with E-state index in [0.717, 1.165) is 24.2 Å². The largest absolute Gasteiger partial charge is 0.550 e. The van der Waals surface area contributed by atoms with Gasteiger partial charge in [-0.25, -0.2) is 4.79 Å². The Morgan fingerprint density at radius 1 is 1.23 bits per heavy atom. The topological polar surface area (TPSA) is 139 Å². The molecule has 2 atom stereocenters. The Balaban J connectivity index is 2.33. The number of rotatable bonds is 6. The van der Waals surface area contributed by atoms with E-state index < -0.39 is 35.6 Å². The fourth-order valence-corrected chi connectivity index (χ4v) is 4.27. The van der Waals surface area contributed by atoms with Crippen LogP contribution in [0.25, 0.3) is 0 Å². The lowest BCUT2D eigenvalue weighted by molar-refractivity contribution is -0.313. The molecule has 0 aromatic carbocycles. The van der Waals surface area contributed by atoms with Gasteiger partial charge in [0.1, 0.15) is 5.00 Å². The molecule has 142 valence electrons. The van der Waals surface area contributed by atoms with Crippen LogP contribution >= 0.6 is 11.3 Å². The lowest BCUT2D eigenvalue weighted by Gasteiger charge is -2.31. The number of primary amides is 1. The number of nitrogens with two attached hydrogens (primary N) is 1. The molecule has 1 aromatic heterocycles. The van der Waals surface area contributed by atoms with Gasteiger partial charge in [-0.15, -0.1) is 11.3 Å². The first-order valence-electron chi connectivity index (χ1n) is 8.39. The predicted octanol–water partition coefficient (Wildman–Crippen LogP) is 0.827. The smallest absolute Gasteiger partial charge is 0.341 e. The van der Waals surface area contributed by atoms with Crippen LogP contribution < -0.4 is 16.2 Å². The normalized spacial score (nSPS) is 19.6. The summed E-state index contributed by atoms with van der Waals surface area (Å²) in [6.45, 7) is 3.31. The second-order valence-electron chi connectivity index (χ2n) is 6.15. The van der Waals surface area contributed by atoms with E-state index in [4.69, 9.17) is 10.5 Å². The fourth-order valence-electron chi connectivity index (χ4n) is 3.22. The molecule has 1 aromatic rings. The number of esters is 1. The van der Waals surface area contributed by atoms with Gasteiger partial charge in [0.2, 0.25) is 5.91 Å². The summed E-state index contributed by atoms with van der Waals surface area (Å²) in [6.07, 6.45) is 2.26. The summed E-state index contributed by atoms with van der Waals surface area (Å²) in [4.78, 5) is 47.9. The van der Waals surface area contributed by atoms with Gasteiger partial charge in [-0.1, -0.05) is 12.8 Å². The number of carboxylic acids is 1. The van der Waals surface area contributed by atoms with E-state index >= 15 is 0 Å². The van der Waals surface area contributed by atoms with Crippen molar-refractivity contribution in [2.24, 2.45) is 17.6 Å². The molecule has 8 nitrogen and oxygen atoms in total. The molecule has 0 saturated heterocycles. The molecule has 0 bridgehead atoms. The molecule has 3 N–H and O–H groups in total. The molecule has 1 aliphatic carbocycles. The van der Waals surface area contributed by atoms with Crippen molar-refractivity contribution < 1.29 is 29.0 Å². The number of aliphatic carboxylic acids is 1. The second-order valence-corrected chi connectivity index (χ2v) is 7.17. The van der Waals surface area contributed by atoms with Crippen molar-refractivity contribution in [3.63, 3.8) is 0 Å². The molecule has 1 fully saturated rings. The van der Waals surface area contributed by atoms with Crippen molar-refractivity contribution >= 4 is 40.1 Å². The highest BCUT2D eigenvalue weighted by atomic mass is 32.1. The quantitative estimate of drug-likeness (QED) is 0.700. The highest BCUT2D eigenvalue weighted by molar-refractivity contribution is 7.18. The Morgan fingerprint density at radius 3 is 2.38 bits per heavy atom. The van der Waals surface area contributed by atoms with Gasteiger partial charge >= 0.3 is 5.97 Å². The Labute approximate surface area is 154 Å². The molecule has 9 heteroatoms. The van der Waals surface area contributed by atoms with Crippen LogP contribution in [0.3, 0.4) is 0 Å². The van der Waals surface area contributed by atoms with Crippen LogP contribution in [0.1, 0.15) is 58.2 Å². The van der Waals surface area contributed by atoms with E-state index in [1.165, 1.54) is 0 Å². The van der Waals surface area contributed by atoms with Crippen molar-refractivity contribution in [2.45, 2.75) is 39.5 Å². The van der Waals surface area contributed by atoms with Crippen LogP contribution in [-0.4, -0.2) is 30.4 Å². The zero-order valence-corrected chi connectivity index (χ0v) is 15.4. The summed E-state index contributed by atoms with van der Waals surface area (Å²) in [6, 6.07) is 0. The first kappa shape index (κ1) is 19.9. The summed E-state index contributed by atoms with van der Waals surface area (Å²) >= 11 is 0.880. The van der Waals surface area contributed by atoms with Gasteiger partial charge in [-0.3, -0.25) is 9.59 Å². The SMILES string of the molecule is CCOC(=O)c1c(NC(=O)[C@H]2CCCC[C@@H]2C(=O)[O-])sc(C(N)=O)c1C. The number of amides is 2. The highest BCUT2D eigenvalue weighted by Crippen LogP contribution is 2.36.